The summed E-state index contributed by atoms with van der Waals surface area (Å²) in [5.41, 5.74) is 1.77. The quantitative estimate of drug-likeness (QED) is 0.276. The number of aromatic nitrogens is 1. The number of benzene rings is 2. The largest absolute Gasteiger partial charge is 0.490 e. The van der Waals surface area contributed by atoms with Crippen LogP contribution in [0.1, 0.15) is 58.6 Å². The van der Waals surface area contributed by atoms with E-state index in [1.54, 1.807) is 23.1 Å². The fraction of sp³-hybridized carbons (Fsp3) is 0.296. The summed E-state index contributed by atoms with van der Waals surface area (Å²) in [5.74, 6) is 0.748. The van der Waals surface area contributed by atoms with Crippen molar-refractivity contribution >= 4 is 44.9 Å². The Morgan fingerprint density at radius 3 is 2.58 bits per heavy atom. The number of anilines is 1. The second-order valence-corrected chi connectivity index (χ2v) is 10.1. The molecule has 0 saturated heterocycles. The molecule has 0 saturated carbocycles. The molecule has 0 radical (unpaired) electrons. The van der Waals surface area contributed by atoms with Gasteiger partial charge in [0.15, 0.2) is 22.1 Å². The van der Waals surface area contributed by atoms with Crippen molar-refractivity contribution in [2.24, 2.45) is 0 Å². The number of rotatable bonds is 7. The van der Waals surface area contributed by atoms with E-state index in [2.05, 4.69) is 4.98 Å². The minimum Gasteiger partial charge on any atom is -0.490 e. The zero-order valence-corrected chi connectivity index (χ0v) is 22.0. The SMILES string of the molecule is CCCOc1ccc(C2c3c(oc4ccc(Cl)cc4c3=O)C(=O)N2c2nc(C)c(C)s2)cc1OCC. The minimum atomic E-state index is -0.753. The van der Waals surface area contributed by atoms with E-state index in [4.69, 9.17) is 25.5 Å². The summed E-state index contributed by atoms with van der Waals surface area (Å²) in [7, 11) is 0. The molecule has 0 aliphatic carbocycles. The van der Waals surface area contributed by atoms with Gasteiger partial charge in [0, 0.05) is 9.90 Å². The number of aryl methyl sites for hydroxylation is 2. The maximum Gasteiger partial charge on any atom is 0.297 e. The number of nitrogens with zero attached hydrogens (tertiary/aromatic N) is 2. The van der Waals surface area contributed by atoms with Gasteiger partial charge in [-0.1, -0.05) is 24.6 Å². The van der Waals surface area contributed by atoms with Gasteiger partial charge in [0.05, 0.1) is 35.9 Å². The first-order valence-corrected chi connectivity index (χ1v) is 13.0. The monoisotopic (exact) mass is 524 g/mol. The zero-order valence-electron chi connectivity index (χ0n) is 20.4. The van der Waals surface area contributed by atoms with Crippen LogP contribution in [0.2, 0.25) is 5.02 Å². The molecule has 1 aliphatic rings. The van der Waals surface area contributed by atoms with Crippen LogP contribution >= 0.6 is 22.9 Å². The van der Waals surface area contributed by atoms with Gasteiger partial charge in [-0.2, -0.15) is 0 Å². The summed E-state index contributed by atoms with van der Waals surface area (Å²) in [6.07, 6.45) is 0.852. The fourth-order valence-electron chi connectivity index (χ4n) is 4.31. The van der Waals surface area contributed by atoms with Gasteiger partial charge in [-0.25, -0.2) is 4.98 Å². The number of ether oxygens (including phenoxy) is 2. The third-order valence-corrected chi connectivity index (χ3v) is 7.41. The maximum absolute atomic E-state index is 13.8. The molecule has 0 fully saturated rings. The third-order valence-electron chi connectivity index (χ3n) is 6.10. The molecule has 7 nitrogen and oxygen atoms in total. The first-order valence-electron chi connectivity index (χ1n) is 11.8. The number of hydrogen-bond acceptors (Lipinski definition) is 7. The molecule has 5 rings (SSSR count). The van der Waals surface area contributed by atoms with Gasteiger partial charge >= 0.3 is 0 Å². The Hall–Kier alpha value is -3.36. The highest BCUT2D eigenvalue weighted by Gasteiger charge is 2.45. The molecule has 4 aromatic rings. The zero-order chi connectivity index (χ0) is 25.6. The lowest BCUT2D eigenvalue weighted by Gasteiger charge is -2.23. The molecule has 2 aromatic carbocycles. The van der Waals surface area contributed by atoms with E-state index in [0.29, 0.717) is 51.4 Å². The lowest BCUT2D eigenvalue weighted by molar-refractivity contribution is 0.0971. The van der Waals surface area contributed by atoms with Crippen molar-refractivity contribution in [3.05, 3.63) is 79.1 Å². The van der Waals surface area contributed by atoms with Crippen LogP contribution in [0, 0.1) is 13.8 Å². The molecule has 0 N–H and O–H groups in total. The van der Waals surface area contributed by atoms with Crippen molar-refractivity contribution in [1.82, 2.24) is 4.98 Å². The van der Waals surface area contributed by atoms with Crippen molar-refractivity contribution in [3.8, 4) is 11.5 Å². The highest BCUT2D eigenvalue weighted by Crippen LogP contribution is 2.44. The molecule has 0 bridgehead atoms. The molecule has 1 amide bonds. The second-order valence-electron chi connectivity index (χ2n) is 8.52. The predicted octanol–water partition coefficient (Wildman–Crippen LogP) is 6.46. The predicted molar refractivity (Wildman–Crippen MR) is 141 cm³/mol. The van der Waals surface area contributed by atoms with Crippen LogP contribution in [-0.2, 0) is 0 Å². The summed E-state index contributed by atoms with van der Waals surface area (Å²) in [6, 6.07) is 9.54. The van der Waals surface area contributed by atoms with Gasteiger partial charge in [0.2, 0.25) is 5.76 Å². The van der Waals surface area contributed by atoms with Gasteiger partial charge < -0.3 is 13.9 Å². The van der Waals surface area contributed by atoms with Crippen LogP contribution < -0.4 is 19.8 Å². The van der Waals surface area contributed by atoms with Crippen LogP contribution in [0.25, 0.3) is 11.0 Å². The Labute approximate surface area is 217 Å². The molecule has 3 heterocycles. The summed E-state index contributed by atoms with van der Waals surface area (Å²) in [6.45, 7) is 8.75. The molecule has 9 heteroatoms. The first kappa shape index (κ1) is 24.3. The van der Waals surface area contributed by atoms with Gasteiger partial charge in [-0.15, -0.1) is 11.3 Å². The highest BCUT2D eigenvalue weighted by molar-refractivity contribution is 7.15. The maximum atomic E-state index is 13.8. The van der Waals surface area contributed by atoms with E-state index in [-0.39, 0.29) is 16.8 Å². The number of carbonyl (C=O) groups is 1. The van der Waals surface area contributed by atoms with Crippen LogP contribution in [0.4, 0.5) is 5.13 Å². The van der Waals surface area contributed by atoms with Crippen LogP contribution in [0.5, 0.6) is 11.5 Å². The lowest BCUT2D eigenvalue weighted by atomic mass is 9.98. The van der Waals surface area contributed by atoms with E-state index < -0.39 is 11.9 Å². The molecule has 0 spiro atoms. The number of hydrogen-bond donors (Lipinski definition) is 0. The Bertz CT molecular complexity index is 1520. The van der Waals surface area contributed by atoms with Crippen molar-refractivity contribution in [2.75, 3.05) is 18.1 Å². The van der Waals surface area contributed by atoms with Crippen molar-refractivity contribution in [2.45, 2.75) is 40.2 Å². The Balaban J connectivity index is 1.76. The normalized spacial score (nSPS) is 15.0. The Kier molecular flexibility index (Phi) is 6.49. The number of carbonyl (C=O) groups excluding carboxylic acids is 1. The van der Waals surface area contributed by atoms with E-state index in [1.165, 1.54) is 11.3 Å². The number of fused-ring (bicyclic) bond motifs is 2. The topological polar surface area (TPSA) is 81.9 Å². The minimum absolute atomic E-state index is 0.00889. The fourth-order valence-corrected chi connectivity index (χ4v) is 5.42. The Morgan fingerprint density at radius 2 is 1.89 bits per heavy atom. The second kappa shape index (κ2) is 9.59. The lowest BCUT2D eigenvalue weighted by Crippen LogP contribution is -2.29. The van der Waals surface area contributed by atoms with E-state index >= 15 is 0 Å². The number of amides is 1. The number of thiazole rings is 1. The van der Waals surface area contributed by atoms with E-state index in [1.807, 2.05) is 45.9 Å². The molecule has 1 aliphatic heterocycles. The Morgan fingerprint density at radius 1 is 1.08 bits per heavy atom. The van der Waals surface area contributed by atoms with Crippen molar-refractivity contribution in [1.29, 1.82) is 0 Å². The molecule has 36 heavy (non-hydrogen) atoms. The molecule has 186 valence electrons. The van der Waals surface area contributed by atoms with Gasteiger partial charge in [-0.3, -0.25) is 14.5 Å². The van der Waals surface area contributed by atoms with Crippen LogP contribution in [-0.4, -0.2) is 24.1 Å². The summed E-state index contributed by atoms with van der Waals surface area (Å²) >= 11 is 7.59. The molecule has 1 unspecified atom stereocenters. The van der Waals surface area contributed by atoms with Crippen molar-refractivity contribution < 1.29 is 18.7 Å². The summed E-state index contributed by atoms with van der Waals surface area (Å²) in [4.78, 5) is 34.7. The molecular weight excluding hydrogens is 500 g/mol. The highest BCUT2D eigenvalue weighted by atomic mass is 35.5. The average molecular weight is 525 g/mol. The van der Waals surface area contributed by atoms with E-state index in [0.717, 1.165) is 17.0 Å². The molecule has 1 atom stereocenters. The number of halogens is 1. The molecular formula is C27H25ClN2O5S. The standard InChI is InChI=1S/C27H25ClN2O5S/c1-5-11-34-20-9-7-16(12-21(20)33-6-2)23-22-24(31)18-13-17(28)8-10-19(18)35-25(22)26(32)30(23)27-29-14(3)15(4)36-27/h7-10,12-13,23H,5-6,11H2,1-4H3. The molecule has 2 aromatic heterocycles. The van der Waals surface area contributed by atoms with Gasteiger partial charge in [0.1, 0.15) is 5.58 Å². The summed E-state index contributed by atoms with van der Waals surface area (Å²) in [5, 5.41) is 1.23. The summed E-state index contributed by atoms with van der Waals surface area (Å²) < 4.78 is 17.7. The third kappa shape index (κ3) is 4.04. The van der Waals surface area contributed by atoms with Crippen LogP contribution in [0.3, 0.4) is 0 Å². The van der Waals surface area contributed by atoms with Gasteiger partial charge in [-0.05, 0) is 63.1 Å². The van der Waals surface area contributed by atoms with Crippen molar-refractivity contribution in [3.63, 3.8) is 0 Å². The average Bonchev–Trinajstić information content (AvgIpc) is 3.34. The smallest absolute Gasteiger partial charge is 0.297 e. The van der Waals surface area contributed by atoms with Gasteiger partial charge in [0.25, 0.3) is 5.91 Å². The first-order chi connectivity index (χ1) is 17.3. The van der Waals surface area contributed by atoms with E-state index in [9.17, 15) is 9.59 Å². The van der Waals surface area contributed by atoms with Crippen LogP contribution in [0.15, 0.2) is 45.6 Å².